The maximum Gasteiger partial charge on any atom is 0.416 e. The van der Waals surface area contributed by atoms with Gasteiger partial charge < -0.3 is 10.5 Å². The Kier molecular flexibility index (Phi) is 7.09. The standard InChI is InChI=1S/C35H26F3N5O2/c1-34(2)16-28-31(29(44)17-34)30(26(19-40)32(41)43(28)23-8-5-7-22(15-23)35(36,37)38)25-14-21-6-3-4-9-27(21)42-33(25)45-24-12-10-20(18-39)11-13-24/h3-15,30H,16-17,41H2,1-2H3. The molecule has 224 valence electrons. The van der Waals surface area contributed by atoms with Crippen molar-refractivity contribution < 1.29 is 22.7 Å². The number of pyridine rings is 1. The summed E-state index contributed by atoms with van der Waals surface area (Å²) < 4.78 is 47.5. The molecule has 1 atom stereocenters. The molecule has 1 unspecified atom stereocenters. The van der Waals surface area contributed by atoms with Gasteiger partial charge in [-0.1, -0.05) is 38.1 Å². The lowest BCUT2D eigenvalue weighted by molar-refractivity contribution is -0.137. The third-order valence-corrected chi connectivity index (χ3v) is 8.04. The number of benzene rings is 3. The van der Waals surface area contributed by atoms with Crippen LogP contribution in [0.1, 0.15) is 49.3 Å². The number of nitrogens with two attached hydrogens (primary N) is 1. The van der Waals surface area contributed by atoms with Crippen LogP contribution in [0.25, 0.3) is 10.9 Å². The average molecular weight is 606 g/mol. The molecule has 0 fully saturated rings. The Labute approximate surface area is 257 Å². The number of ketones is 1. The van der Waals surface area contributed by atoms with Crippen LogP contribution in [0, 0.1) is 28.1 Å². The van der Waals surface area contributed by atoms with Crippen molar-refractivity contribution in [1.82, 2.24) is 4.98 Å². The summed E-state index contributed by atoms with van der Waals surface area (Å²) in [5.74, 6) is -0.827. The van der Waals surface area contributed by atoms with Gasteiger partial charge in [0, 0.05) is 34.3 Å². The van der Waals surface area contributed by atoms with Gasteiger partial charge >= 0.3 is 6.18 Å². The van der Waals surface area contributed by atoms with Gasteiger partial charge in [0.1, 0.15) is 11.6 Å². The second-order valence-corrected chi connectivity index (χ2v) is 11.8. The van der Waals surface area contributed by atoms with Crippen LogP contribution in [0.2, 0.25) is 0 Å². The highest BCUT2D eigenvalue weighted by Crippen LogP contribution is 2.52. The van der Waals surface area contributed by atoms with Gasteiger partial charge in [-0.15, -0.1) is 0 Å². The molecule has 0 radical (unpaired) electrons. The van der Waals surface area contributed by atoms with Gasteiger partial charge in [0.25, 0.3) is 0 Å². The zero-order valence-corrected chi connectivity index (χ0v) is 24.3. The Morgan fingerprint density at radius 3 is 2.40 bits per heavy atom. The predicted octanol–water partition coefficient (Wildman–Crippen LogP) is 7.86. The Morgan fingerprint density at radius 2 is 1.71 bits per heavy atom. The number of Topliss-reactive ketones (excluding diaryl/α,β-unsaturated/α-hetero) is 1. The maximum absolute atomic E-state index is 14.1. The van der Waals surface area contributed by atoms with Crippen LogP contribution in [0.4, 0.5) is 18.9 Å². The molecular formula is C35H26F3N5O2. The van der Waals surface area contributed by atoms with Crippen molar-refractivity contribution >= 4 is 22.4 Å². The first-order valence-electron chi connectivity index (χ1n) is 14.1. The van der Waals surface area contributed by atoms with Crippen LogP contribution in [0.3, 0.4) is 0 Å². The monoisotopic (exact) mass is 605 g/mol. The van der Waals surface area contributed by atoms with Gasteiger partial charge in [-0.05, 0) is 66.4 Å². The highest BCUT2D eigenvalue weighted by atomic mass is 19.4. The maximum atomic E-state index is 14.1. The number of halogens is 3. The second kappa shape index (κ2) is 10.8. The number of nitrogens with zero attached hydrogens (tertiary/aromatic N) is 4. The van der Waals surface area contributed by atoms with Crippen molar-refractivity contribution in [2.75, 3.05) is 4.90 Å². The highest BCUT2D eigenvalue weighted by Gasteiger charge is 2.46. The fourth-order valence-electron chi connectivity index (χ4n) is 6.05. The molecule has 3 aromatic carbocycles. The van der Waals surface area contributed by atoms with Crippen molar-refractivity contribution in [3.05, 3.63) is 118 Å². The molecule has 1 aliphatic carbocycles. The molecule has 6 rings (SSSR count). The summed E-state index contributed by atoms with van der Waals surface area (Å²) >= 11 is 0. The molecular weight excluding hydrogens is 579 g/mol. The molecule has 2 aliphatic rings. The van der Waals surface area contributed by atoms with Crippen LogP contribution >= 0.6 is 0 Å². The van der Waals surface area contributed by atoms with Gasteiger partial charge in [-0.25, -0.2) is 4.98 Å². The van der Waals surface area contributed by atoms with Gasteiger partial charge in [-0.2, -0.15) is 23.7 Å². The fraction of sp³-hybridized carbons (Fsp3) is 0.200. The van der Waals surface area contributed by atoms with Gasteiger partial charge in [-0.3, -0.25) is 9.69 Å². The highest BCUT2D eigenvalue weighted by molar-refractivity contribution is 6.02. The predicted molar refractivity (Wildman–Crippen MR) is 162 cm³/mol. The number of hydrogen-bond donors (Lipinski definition) is 1. The van der Waals surface area contributed by atoms with E-state index in [1.54, 1.807) is 36.4 Å². The third-order valence-electron chi connectivity index (χ3n) is 8.04. The number of nitriles is 2. The summed E-state index contributed by atoms with van der Waals surface area (Å²) in [7, 11) is 0. The summed E-state index contributed by atoms with van der Waals surface area (Å²) in [6.45, 7) is 3.81. The zero-order valence-electron chi connectivity index (χ0n) is 24.3. The zero-order chi connectivity index (χ0) is 32.1. The lowest BCUT2D eigenvalue weighted by atomic mass is 9.68. The topological polar surface area (TPSA) is 116 Å². The number of carbonyl (C=O) groups excluding carboxylic acids is 1. The SMILES string of the molecule is CC1(C)CC(=O)C2=C(C1)N(c1cccc(C(F)(F)F)c1)C(N)=C(C#N)C2c1cc2ccccc2nc1Oc1ccc(C#N)cc1. The number of hydrogen-bond acceptors (Lipinski definition) is 7. The largest absolute Gasteiger partial charge is 0.439 e. The van der Waals surface area contributed by atoms with Crippen molar-refractivity contribution in [2.24, 2.45) is 11.1 Å². The number of ether oxygens (including phenoxy) is 1. The third kappa shape index (κ3) is 5.36. The van der Waals surface area contributed by atoms with E-state index in [1.165, 1.54) is 17.0 Å². The summed E-state index contributed by atoms with van der Waals surface area (Å²) in [5, 5.41) is 20.5. The molecule has 0 bridgehead atoms. The Morgan fingerprint density at radius 1 is 0.978 bits per heavy atom. The first-order chi connectivity index (χ1) is 21.4. The quantitative estimate of drug-likeness (QED) is 0.252. The van der Waals surface area contributed by atoms with Crippen LogP contribution in [-0.2, 0) is 11.0 Å². The normalized spacial score (nSPS) is 18.0. The lowest BCUT2D eigenvalue weighted by Gasteiger charge is -2.44. The molecule has 0 saturated heterocycles. The average Bonchev–Trinajstić information content (AvgIpc) is 2.99. The number of fused-ring (bicyclic) bond motifs is 1. The van der Waals surface area contributed by atoms with Crippen LogP contribution in [0.15, 0.2) is 102 Å². The van der Waals surface area contributed by atoms with E-state index in [1.807, 2.05) is 32.0 Å². The van der Waals surface area contributed by atoms with Gasteiger partial charge in [0.05, 0.1) is 40.3 Å². The van der Waals surface area contributed by atoms with Crippen LogP contribution in [0.5, 0.6) is 11.6 Å². The minimum absolute atomic E-state index is 0.0130. The molecule has 0 spiro atoms. The molecule has 10 heteroatoms. The van der Waals surface area contributed by atoms with Crippen molar-refractivity contribution in [1.29, 1.82) is 10.5 Å². The molecule has 7 nitrogen and oxygen atoms in total. The van der Waals surface area contributed by atoms with Crippen molar-refractivity contribution in [3.8, 4) is 23.8 Å². The Hall–Kier alpha value is -5.61. The molecule has 1 aliphatic heterocycles. The number of carbonyl (C=O) groups is 1. The van der Waals surface area contributed by atoms with E-state index >= 15 is 0 Å². The first kappa shape index (κ1) is 29.5. The van der Waals surface area contributed by atoms with E-state index in [2.05, 4.69) is 12.1 Å². The molecule has 4 aromatic rings. The number of allylic oxidation sites excluding steroid dienone is 3. The van der Waals surface area contributed by atoms with E-state index in [9.17, 15) is 28.5 Å². The van der Waals surface area contributed by atoms with Gasteiger partial charge in [0.2, 0.25) is 5.88 Å². The summed E-state index contributed by atoms with van der Waals surface area (Å²) in [6.07, 6.45) is -4.14. The Bertz CT molecular complexity index is 2010. The summed E-state index contributed by atoms with van der Waals surface area (Å²) in [4.78, 5) is 20.2. The van der Waals surface area contributed by atoms with Crippen LogP contribution in [-0.4, -0.2) is 10.8 Å². The van der Waals surface area contributed by atoms with Crippen molar-refractivity contribution in [2.45, 2.75) is 38.8 Å². The molecule has 2 N–H and O–H groups in total. The molecule has 0 amide bonds. The Balaban J connectivity index is 1.61. The van der Waals surface area contributed by atoms with E-state index in [4.69, 9.17) is 15.5 Å². The number of alkyl halides is 3. The number of aromatic nitrogens is 1. The van der Waals surface area contributed by atoms with E-state index < -0.39 is 23.1 Å². The summed E-state index contributed by atoms with van der Waals surface area (Å²) in [5.41, 5.74) is 7.50. The molecule has 0 saturated carbocycles. The minimum atomic E-state index is -4.61. The number of para-hydroxylation sites is 1. The number of anilines is 1. The molecule has 2 heterocycles. The van der Waals surface area contributed by atoms with Gasteiger partial charge in [0.15, 0.2) is 5.78 Å². The van der Waals surface area contributed by atoms with Crippen molar-refractivity contribution in [3.63, 3.8) is 0 Å². The van der Waals surface area contributed by atoms with E-state index in [0.29, 0.717) is 34.5 Å². The summed E-state index contributed by atoms with van der Waals surface area (Å²) in [6, 6.07) is 24.4. The van der Waals surface area contributed by atoms with E-state index in [0.717, 1.165) is 17.5 Å². The van der Waals surface area contributed by atoms with Crippen LogP contribution < -0.4 is 15.4 Å². The fourth-order valence-corrected chi connectivity index (χ4v) is 6.05. The molecule has 1 aromatic heterocycles. The minimum Gasteiger partial charge on any atom is -0.439 e. The first-order valence-corrected chi connectivity index (χ1v) is 14.1. The molecule has 45 heavy (non-hydrogen) atoms. The van der Waals surface area contributed by atoms with E-state index in [-0.39, 0.29) is 40.7 Å². The second-order valence-electron chi connectivity index (χ2n) is 11.8. The number of rotatable bonds is 4. The smallest absolute Gasteiger partial charge is 0.416 e. The lowest BCUT2D eigenvalue weighted by Crippen LogP contribution is -2.42.